The summed E-state index contributed by atoms with van der Waals surface area (Å²) in [6.07, 6.45) is 3.15. The van der Waals surface area contributed by atoms with Crippen molar-refractivity contribution in [2.45, 2.75) is 32.2 Å². The van der Waals surface area contributed by atoms with Gasteiger partial charge in [0, 0.05) is 19.1 Å². The van der Waals surface area contributed by atoms with Crippen LogP contribution in [0.5, 0.6) is 5.75 Å². The second-order valence-electron chi connectivity index (χ2n) is 5.72. The summed E-state index contributed by atoms with van der Waals surface area (Å²) in [6.45, 7) is 4.45. The molecular weight excluding hydrogens is 252 g/mol. The summed E-state index contributed by atoms with van der Waals surface area (Å²) in [5.41, 5.74) is 1.18. The van der Waals surface area contributed by atoms with Crippen molar-refractivity contribution < 1.29 is 9.90 Å². The van der Waals surface area contributed by atoms with Crippen molar-refractivity contribution in [2.24, 2.45) is 0 Å². The van der Waals surface area contributed by atoms with E-state index in [9.17, 15) is 9.90 Å². The summed E-state index contributed by atoms with van der Waals surface area (Å²) in [6, 6.07) is 7.57. The average Bonchev–Trinajstić information content (AvgIpc) is 2.95. The zero-order valence-electron chi connectivity index (χ0n) is 12.4. The topological polar surface area (TPSA) is 43.8 Å². The molecule has 1 aliphatic heterocycles. The molecule has 0 aromatic heterocycles. The Balaban J connectivity index is 1.83. The van der Waals surface area contributed by atoms with Crippen molar-refractivity contribution in [1.82, 2.24) is 9.80 Å². The van der Waals surface area contributed by atoms with Crippen molar-refractivity contribution in [3.63, 3.8) is 0 Å². The quantitative estimate of drug-likeness (QED) is 0.893. The molecule has 4 heteroatoms. The highest BCUT2D eigenvalue weighted by atomic mass is 16.3. The van der Waals surface area contributed by atoms with Crippen LogP contribution in [0.3, 0.4) is 0 Å². The van der Waals surface area contributed by atoms with Crippen LogP contribution in [0.25, 0.3) is 0 Å². The van der Waals surface area contributed by atoms with Gasteiger partial charge in [0.1, 0.15) is 5.75 Å². The van der Waals surface area contributed by atoms with E-state index in [4.69, 9.17) is 0 Å². The van der Waals surface area contributed by atoms with Crippen LogP contribution in [-0.4, -0.2) is 53.5 Å². The molecule has 1 aromatic rings. The predicted octanol–water partition coefficient (Wildman–Crippen LogP) is 1.88. The Hall–Kier alpha value is -1.55. The number of phenolic OH excluding ortho intramolecular Hbond substituents is 1. The van der Waals surface area contributed by atoms with E-state index in [2.05, 4.69) is 11.8 Å². The van der Waals surface area contributed by atoms with E-state index in [0.717, 1.165) is 32.4 Å². The number of phenols is 1. The molecule has 1 N–H and O–H groups in total. The highest BCUT2D eigenvalue weighted by molar-refractivity contribution is 5.78. The number of nitrogens with zero attached hydrogens (tertiary/aromatic N) is 2. The fourth-order valence-electron chi connectivity index (χ4n) is 2.56. The number of likely N-dealkylation sites (N-methyl/N-ethyl adjacent to an activating group) is 1. The lowest BCUT2D eigenvalue weighted by molar-refractivity contribution is -0.131. The minimum Gasteiger partial charge on any atom is -0.508 e. The molecule has 1 aliphatic rings. The summed E-state index contributed by atoms with van der Waals surface area (Å²) in [7, 11) is 2.00. The molecule has 1 atom stereocenters. The molecule has 1 fully saturated rings. The van der Waals surface area contributed by atoms with Crippen LogP contribution in [-0.2, 0) is 11.2 Å². The van der Waals surface area contributed by atoms with Gasteiger partial charge in [0.05, 0.1) is 6.54 Å². The number of carbonyl (C=O) groups excluding carboxylic acids is 1. The van der Waals surface area contributed by atoms with Crippen molar-refractivity contribution in [1.29, 1.82) is 0 Å². The molecular formula is C16H24N2O2. The van der Waals surface area contributed by atoms with Gasteiger partial charge < -0.3 is 10.0 Å². The molecule has 2 rings (SSSR count). The summed E-state index contributed by atoms with van der Waals surface area (Å²) in [5, 5.41) is 9.28. The van der Waals surface area contributed by atoms with Crippen LogP contribution in [0.1, 0.15) is 25.3 Å². The molecule has 20 heavy (non-hydrogen) atoms. The van der Waals surface area contributed by atoms with Gasteiger partial charge in [0.2, 0.25) is 5.91 Å². The summed E-state index contributed by atoms with van der Waals surface area (Å²) in [5.74, 6) is 0.529. The van der Waals surface area contributed by atoms with E-state index in [1.165, 1.54) is 5.56 Å². The van der Waals surface area contributed by atoms with Gasteiger partial charge in [-0.25, -0.2) is 0 Å². The molecule has 1 aromatic carbocycles. The monoisotopic (exact) mass is 276 g/mol. The van der Waals surface area contributed by atoms with Gasteiger partial charge in [-0.05, 0) is 50.9 Å². The highest BCUT2D eigenvalue weighted by Crippen LogP contribution is 2.14. The lowest BCUT2D eigenvalue weighted by Gasteiger charge is -2.26. The maximum Gasteiger partial charge on any atom is 0.236 e. The van der Waals surface area contributed by atoms with Crippen molar-refractivity contribution >= 4 is 5.91 Å². The van der Waals surface area contributed by atoms with Crippen molar-refractivity contribution in [3.05, 3.63) is 29.8 Å². The third kappa shape index (κ3) is 3.97. The van der Waals surface area contributed by atoms with Gasteiger partial charge in [-0.15, -0.1) is 0 Å². The van der Waals surface area contributed by atoms with Crippen LogP contribution in [0, 0.1) is 0 Å². The Bertz CT molecular complexity index is 438. The van der Waals surface area contributed by atoms with Gasteiger partial charge >= 0.3 is 0 Å². The van der Waals surface area contributed by atoms with Gasteiger partial charge in [-0.1, -0.05) is 12.1 Å². The largest absolute Gasteiger partial charge is 0.508 e. The summed E-state index contributed by atoms with van der Waals surface area (Å²) >= 11 is 0. The lowest BCUT2D eigenvalue weighted by atomic mass is 10.1. The molecule has 0 saturated carbocycles. The van der Waals surface area contributed by atoms with Crippen LogP contribution >= 0.6 is 0 Å². The number of aromatic hydroxyl groups is 1. The molecule has 0 radical (unpaired) electrons. The Labute approximate surface area is 121 Å². The second kappa shape index (κ2) is 6.75. The van der Waals surface area contributed by atoms with Gasteiger partial charge in [0.15, 0.2) is 0 Å². The molecule has 0 bridgehead atoms. The first kappa shape index (κ1) is 14.9. The molecule has 0 aliphatic carbocycles. The van der Waals surface area contributed by atoms with Crippen LogP contribution in [0.15, 0.2) is 24.3 Å². The van der Waals surface area contributed by atoms with E-state index in [0.29, 0.717) is 18.3 Å². The summed E-state index contributed by atoms with van der Waals surface area (Å²) in [4.78, 5) is 16.2. The Kier molecular flexibility index (Phi) is 5.01. The molecule has 1 amide bonds. The number of carbonyl (C=O) groups is 1. The smallest absolute Gasteiger partial charge is 0.236 e. The van der Waals surface area contributed by atoms with E-state index >= 15 is 0 Å². The van der Waals surface area contributed by atoms with Gasteiger partial charge in [-0.2, -0.15) is 0 Å². The number of rotatable bonds is 5. The molecule has 0 spiro atoms. The normalized spacial score (nSPS) is 16.6. The Morgan fingerprint density at radius 2 is 1.90 bits per heavy atom. The Morgan fingerprint density at radius 1 is 1.30 bits per heavy atom. The van der Waals surface area contributed by atoms with Crippen LogP contribution < -0.4 is 0 Å². The van der Waals surface area contributed by atoms with E-state index in [1.807, 2.05) is 24.1 Å². The summed E-state index contributed by atoms with van der Waals surface area (Å²) < 4.78 is 0. The fourth-order valence-corrected chi connectivity index (χ4v) is 2.56. The zero-order valence-corrected chi connectivity index (χ0v) is 12.4. The molecule has 4 nitrogen and oxygen atoms in total. The molecule has 1 heterocycles. The standard InChI is InChI=1S/C16H24N2O2/c1-13(11-14-5-7-15(19)8-6-14)17(2)12-16(20)18-9-3-4-10-18/h5-8,13,19H,3-4,9-12H2,1-2H3. The van der Waals surface area contributed by atoms with Gasteiger partial charge in [0.25, 0.3) is 0 Å². The van der Waals surface area contributed by atoms with E-state index < -0.39 is 0 Å². The third-order valence-electron chi connectivity index (χ3n) is 4.06. The SMILES string of the molecule is CC(Cc1ccc(O)cc1)N(C)CC(=O)N1CCCC1. The second-order valence-corrected chi connectivity index (χ2v) is 5.72. The maximum atomic E-state index is 12.1. The van der Waals surface area contributed by atoms with E-state index in [1.54, 1.807) is 12.1 Å². The number of benzene rings is 1. The Morgan fingerprint density at radius 3 is 2.50 bits per heavy atom. The average molecular weight is 276 g/mol. The molecule has 1 saturated heterocycles. The lowest BCUT2D eigenvalue weighted by Crippen LogP contribution is -2.41. The highest BCUT2D eigenvalue weighted by Gasteiger charge is 2.21. The minimum atomic E-state index is 0.238. The maximum absolute atomic E-state index is 12.1. The van der Waals surface area contributed by atoms with Crippen LogP contribution in [0.2, 0.25) is 0 Å². The molecule has 110 valence electrons. The first-order valence-electron chi connectivity index (χ1n) is 7.32. The number of hydrogen-bond donors (Lipinski definition) is 1. The van der Waals surface area contributed by atoms with E-state index in [-0.39, 0.29) is 5.91 Å². The van der Waals surface area contributed by atoms with Crippen molar-refractivity contribution in [3.8, 4) is 5.75 Å². The van der Waals surface area contributed by atoms with Gasteiger partial charge in [-0.3, -0.25) is 9.69 Å². The number of amides is 1. The number of hydrogen-bond acceptors (Lipinski definition) is 3. The number of likely N-dealkylation sites (tertiary alicyclic amines) is 1. The minimum absolute atomic E-state index is 0.238. The fraction of sp³-hybridized carbons (Fsp3) is 0.562. The third-order valence-corrected chi connectivity index (χ3v) is 4.06. The zero-order chi connectivity index (χ0) is 14.5. The van der Waals surface area contributed by atoms with Crippen LogP contribution in [0.4, 0.5) is 0 Å². The first-order chi connectivity index (χ1) is 9.56. The first-order valence-corrected chi connectivity index (χ1v) is 7.32. The predicted molar refractivity (Wildman–Crippen MR) is 79.7 cm³/mol. The van der Waals surface area contributed by atoms with Crippen molar-refractivity contribution in [2.75, 3.05) is 26.7 Å². The molecule has 1 unspecified atom stereocenters.